The molecule has 3 atom stereocenters. The molecule has 2 fully saturated rings. The smallest absolute Gasteiger partial charge is 0.0475 e. The van der Waals surface area contributed by atoms with Gasteiger partial charge in [0, 0.05) is 19.1 Å². The standard InChI is InChI=1S/C19H30N2/c1-14-6-5-7-15(2)19(14)18(12-20)21-11-10-16-8-3-4-9-17(16)13-21/h5-7,16-18H,3-4,8-13,20H2,1-2H3. The summed E-state index contributed by atoms with van der Waals surface area (Å²) in [5.41, 5.74) is 10.5. The number of aryl methyl sites for hydroxylation is 2. The summed E-state index contributed by atoms with van der Waals surface area (Å²) in [5.74, 6) is 1.91. The monoisotopic (exact) mass is 286 g/mol. The van der Waals surface area contributed by atoms with E-state index in [2.05, 4.69) is 36.9 Å². The highest BCUT2D eigenvalue weighted by molar-refractivity contribution is 5.36. The zero-order chi connectivity index (χ0) is 14.8. The van der Waals surface area contributed by atoms with E-state index in [0.29, 0.717) is 6.04 Å². The van der Waals surface area contributed by atoms with E-state index < -0.39 is 0 Å². The molecule has 0 aromatic heterocycles. The van der Waals surface area contributed by atoms with Crippen molar-refractivity contribution in [3.8, 4) is 0 Å². The maximum Gasteiger partial charge on any atom is 0.0475 e. The van der Waals surface area contributed by atoms with Crippen molar-refractivity contribution in [2.45, 2.75) is 52.0 Å². The van der Waals surface area contributed by atoms with Gasteiger partial charge in [0.15, 0.2) is 0 Å². The number of likely N-dealkylation sites (tertiary alicyclic amines) is 1. The van der Waals surface area contributed by atoms with E-state index in [-0.39, 0.29) is 0 Å². The summed E-state index contributed by atoms with van der Waals surface area (Å²) >= 11 is 0. The molecule has 2 nitrogen and oxygen atoms in total. The molecule has 3 unspecified atom stereocenters. The quantitative estimate of drug-likeness (QED) is 0.915. The van der Waals surface area contributed by atoms with Gasteiger partial charge in [-0.05, 0) is 61.8 Å². The van der Waals surface area contributed by atoms with Crippen molar-refractivity contribution in [2.24, 2.45) is 17.6 Å². The van der Waals surface area contributed by atoms with Gasteiger partial charge >= 0.3 is 0 Å². The van der Waals surface area contributed by atoms with Crippen molar-refractivity contribution < 1.29 is 0 Å². The molecule has 1 saturated carbocycles. The zero-order valence-corrected chi connectivity index (χ0v) is 13.6. The topological polar surface area (TPSA) is 29.3 Å². The number of nitrogens with zero attached hydrogens (tertiary/aromatic N) is 1. The van der Waals surface area contributed by atoms with Crippen molar-refractivity contribution in [2.75, 3.05) is 19.6 Å². The summed E-state index contributed by atoms with van der Waals surface area (Å²) < 4.78 is 0. The van der Waals surface area contributed by atoms with Crippen LogP contribution in [-0.4, -0.2) is 24.5 Å². The summed E-state index contributed by atoms with van der Waals surface area (Å²) in [5, 5.41) is 0. The maximum atomic E-state index is 6.20. The predicted molar refractivity (Wildman–Crippen MR) is 89.3 cm³/mol. The van der Waals surface area contributed by atoms with Crippen molar-refractivity contribution >= 4 is 0 Å². The fraction of sp³-hybridized carbons (Fsp3) is 0.684. The highest BCUT2D eigenvalue weighted by Crippen LogP contribution is 2.39. The van der Waals surface area contributed by atoms with E-state index >= 15 is 0 Å². The molecule has 1 heterocycles. The number of benzene rings is 1. The first-order valence-electron chi connectivity index (χ1n) is 8.71. The van der Waals surface area contributed by atoms with Crippen molar-refractivity contribution in [3.63, 3.8) is 0 Å². The zero-order valence-electron chi connectivity index (χ0n) is 13.6. The lowest BCUT2D eigenvalue weighted by molar-refractivity contribution is 0.0583. The van der Waals surface area contributed by atoms with Crippen LogP contribution >= 0.6 is 0 Å². The van der Waals surface area contributed by atoms with Gasteiger partial charge < -0.3 is 5.73 Å². The SMILES string of the molecule is Cc1cccc(C)c1C(CN)N1CCC2CCCCC2C1. The molecule has 2 aliphatic rings. The summed E-state index contributed by atoms with van der Waals surface area (Å²) in [6.45, 7) is 7.71. The summed E-state index contributed by atoms with van der Waals surface area (Å²) in [6, 6.07) is 7.04. The van der Waals surface area contributed by atoms with Crippen LogP contribution in [0.3, 0.4) is 0 Å². The number of hydrogen-bond donors (Lipinski definition) is 1. The Balaban J connectivity index is 1.80. The molecule has 1 aliphatic carbocycles. The minimum absolute atomic E-state index is 0.411. The minimum atomic E-state index is 0.411. The molecule has 0 radical (unpaired) electrons. The number of rotatable bonds is 3. The van der Waals surface area contributed by atoms with Gasteiger partial charge in [0.1, 0.15) is 0 Å². The van der Waals surface area contributed by atoms with E-state index in [9.17, 15) is 0 Å². The molecule has 1 aromatic rings. The molecule has 0 spiro atoms. The van der Waals surface area contributed by atoms with Gasteiger partial charge in [-0.1, -0.05) is 37.5 Å². The molecular weight excluding hydrogens is 256 g/mol. The minimum Gasteiger partial charge on any atom is -0.329 e. The van der Waals surface area contributed by atoms with Crippen LogP contribution in [0.2, 0.25) is 0 Å². The largest absolute Gasteiger partial charge is 0.329 e. The normalized spacial score (nSPS) is 28.1. The van der Waals surface area contributed by atoms with E-state index in [1.54, 1.807) is 0 Å². The molecule has 2 N–H and O–H groups in total. The summed E-state index contributed by atoms with van der Waals surface area (Å²) in [4.78, 5) is 2.68. The third-order valence-electron chi connectivity index (χ3n) is 5.86. The van der Waals surface area contributed by atoms with Crippen molar-refractivity contribution in [3.05, 3.63) is 34.9 Å². The first-order chi connectivity index (χ1) is 10.2. The molecule has 3 rings (SSSR count). The predicted octanol–water partition coefficient (Wildman–Crippen LogP) is 3.82. The Morgan fingerprint density at radius 2 is 1.76 bits per heavy atom. The summed E-state index contributed by atoms with van der Waals surface area (Å²) in [7, 11) is 0. The lowest BCUT2D eigenvalue weighted by Gasteiger charge is -2.44. The number of piperidine rings is 1. The molecule has 21 heavy (non-hydrogen) atoms. The molecule has 1 aromatic carbocycles. The van der Waals surface area contributed by atoms with Crippen molar-refractivity contribution in [1.29, 1.82) is 0 Å². The Hall–Kier alpha value is -0.860. The summed E-state index contributed by atoms with van der Waals surface area (Å²) in [6.07, 6.45) is 7.18. The third-order valence-corrected chi connectivity index (χ3v) is 5.86. The van der Waals surface area contributed by atoms with Gasteiger partial charge in [0.2, 0.25) is 0 Å². The Morgan fingerprint density at radius 1 is 1.10 bits per heavy atom. The molecule has 0 bridgehead atoms. The molecule has 0 amide bonds. The highest BCUT2D eigenvalue weighted by Gasteiger charge is 2.34. The molecule has 116 valence electrons. The molecule has 1 aliphatic heterocycles. The average molecular weight is 286 g/mol. The Bertz CT molecular complexity index is 462. The van der Waals surface area contributed by atoms with Crippen molar-refractivity contribution in [1.82, 2.24) is 4.90 Å². The second-order valence-electron chi connectivity index (χ2n) is 7.15. The second kappa shape index (κ2) is 6.50. The third kappa shape index (κ3) is 3.02. The van der Waals surface area contributed by atoms with Gasteiger partial charge in [-0.15, -0.1) is 0 Å². The highest BCUT2D eigenvalue weighted by atomic mass is 15.2. The fourth-order valence-corrected chi connectivity index (χ4v) is 4.71. The van der Waals surface area contributed by atoms with Crippen LogP contribution in [-0.2, 0) is 0 Å². The number of hydrogen-bond acceptors (Lipinski definition) is 2. The van der Waals surface area contributed by atoms with Gasteiger partial charge in [0.25, 0.3) is 0 Å². The second-order valence-corrected chi connectivity index (χ2v) is 7.15. The van der Waals surface area contributed by atoms with Gasteiger partial charge in [0.05, 0.1) is 0 Å². The van der Waals surface area contributed by atoms with Crippen LogP contribution < -0.4 is 5.73 Å². The molecular formula is C19H30N2. The van der Waals surface area contributed by atoms with Crippen LogP contribution in [0.1, 0.15) is 54.8 Å². The maximum absolute atomic E-state index is 6.20. The Kier molecular flexibility index (Phi) is 4.66. The van der Waals surface area contributed by atoms with Crippen LogP contribution in [0.4, 0.5) is 0 Å². The van der Waals surface area contributed by atoms with E-state index in [4.69, 9.17) is 5.73 Å². The van der Waals surface area contributed by atoms with Crippen LogP contribution in [0.25, 0.3) is 0 Å². The molecule has 2 heteroatoms. The number of nitrogens with two attached hydrogens (primary N) is 1. The average Bonchev–Trinajstić information content (AvgIpc) is 2.50. The number of fused-ring (bicyclic) bond motifs is 1. The lowest BCUT2D eigenvalue weighted by Crippen LogP contribution is -2.45. The van der Waals surface area contributed by atoms with Gasteiger partial charge in [-0.25, -0.2) is 0 Å². The Morgan fingerprint density at radius 3 is 2.43 bits per heavy atom. The van der Waals surface area contributed by atoms with E-state index in [0.717, 1.165) is 18.4 Å². The van der Waals surface area contributed by atoms with Crippen LogP contribution in [0.5, 0.6) is 0 Å². The fourth-order valence-electron chi connectivity index (χ4n) is 4.71. The lowest BCUT2D eigenvalue weighted by atomic mass is 9.74. The van der Waals surface area contributed by atoms with Gasteiger partial charge in [-0.3, -0.25) is 4.90 Å². The Labute approximate surface area is 129 Å². The van der Waals surface area contributed by atoms with Crippen LogP contribution in [0.15, 0.2) is 18.2 Å². The van der Waals surface area contributed by atoms with Crippen LogP contribution in [0, 0.1) is 25.7 Å². The molecule has 1 saturated heterocycles. The van der Waals surface area contributed by atoms with E-state index in [1.807, 2.05) is 0 Å². The first-order valence-corrected chi connectivity index (χ1v) is 8.71. The first kappa shape index (κ1) is 15.1. The van der Waals surface area contributed by atoms with Gasteiger partial charge in [-0.2, -0.15) is 0 Å². The van der Waals surface area contributed by atoms with E-state index in [1.165, 1.54) is 61.9 Å².